The van der Waals surface area contributed by atoms with E-state index in [1.54, 1.807) is 48.0 Å². The highest BCUT2D eigenvalue weighted by atomic mass is 32.2. The Balaban J connectivity index is 1.79. The van der Waals surface area contributed by atoms with Crippen molar-refractivity contribution >= 4 is 21.2 Å². The number of sulfone groups is 1. The lowest BCUT2D eigenvalue weighted by atomic mass is 10.1. The number of aromatic nitrogens is 2. The zero-order valence-electron chi connectivity index (χ0n) is 12.6. The molecule has 3 aromatic rings. The molecular formula is C17H16N2O2S2. The number of hydrogen-bond donors (Lipinski definition) is 0. The van der Waals surface area contributed by atoms with Gasteiger partial charge in [0.25, 0.3) is 0 Å². The summed E-state index contributed by atoms with van der Waals surface area (Å²) in [7, 11) is -3.18. The molecule has 0 spiro atoms. The SMILES string of the molecule is CS(=O)(=O)c1ccc(-c2cncc(CCc3ccsc3)n2)cc1. The first-order chi connectivity index (χ1) is 11.0. The predicted octanol–water partition coefficient (Wildman–Crippen LogP) is 3.39. The Morgan fingerprint density at radius 2 is 1.83 bits per heavy atom. The van der Waals surface area contributed by atoms with Crippen molar-refractivity contribution in [3.8, 4) is 11.3 Å². The average molecular weight is 344 g/mol. The van der Waals surface area contributed by atoms with Crippen LogP contribution in [0.3, 0.4) is 0 Å². The number of nitrogens with zero attached hydrogens (tertiary/aromatic N) is 2. The van der Waals surface area contributed by atoms with Crippen molar-refractivity contribution in [1.82, 2.24) is 9.97 Å². The van der Waals surface area contributed by atoms with E-state index in [-0.39, 0.29) is 0 Å². The van der Waals surface area contributed by atoms with Gasteiger partial charge >= 0.3 is 0 Å². The van der Waals surface area contributed by atoms with Crippen molar-refractivity contribution in [1.29, 1.82) is 0 Å². The minimum absolute atomic E-state index is 0.308. The van der Waals surface area contributed by atoms with Crippen molar-refractivity contribution in [2.24, 2.45) is 0 Å². The van der Waals surface area contributed by atoms with Gasteiger partial charge in [0.15, 0.2) is 9.84 Å². The molecule has 0 aliphatic heterocycles. The summed E-state index contributed by atoms with van der Waals surface area (Å²) in [6, 6.07) is 8.85. The van der Waals surface area contributed by atoms with Gasteiger partial charge in [0.2, 0.25) is 0 Å². The van der Waals surface area contributed by atoms with E-state index in [0.29, 0.717) is 4.90 Å². The van der Waals surface area contributed by atoms with E-state index in [1.807, 2.05) is 0 Å². The van der Waals surface area contributed by atoms with Crippen LogP contribution in [0.15, 0.2) is 58.4 Å². The third kappa shape index (κ3) is 4.03. The normalized spacial score (nSPS) is 11.5. The van der Waals surface area contributed by atoms with Crippen LogP contribution in [-0.4, -0.2) is 24.6 Å². The van der Waals surface area contributed by atoms with Crippen molar-refractivity contribution in [2.45, 2.75) is 17.7 Å². The molecule has 0 saturated heterocycles. The van der Waals surface area contributed by atoms with E-state index in [1.165, 1.54) is 11.8 Å². The Labute approximate surface area is 139 Å². The summed E-state index contributed by atoms with van der Waals surface area (Å²) in [5.74, 6) is 0. The van der Waals surface area contributed by atoms with Crippen LogP contribution in [0.1, 0.15) is 11.3 Å². The summed E-state index contributed by atoms with van der Waals surface area (Å²) in [6.45, 7) is 0. The lowest BCUT2D eigenvalue weighted by Gasteiger charge is -2.05. The van der Waals surface area contributed by atoms with Gasteiger partial charge in [0, 0.05) is 18.0 Å². The molecule has 0 unspecified atom stereocenters. The number of rotatable bonds is 5. The van der Waals surface area contributed by atoms with Crippen molar-refractivity contribution in [3.05, 3.63) is 64.7 Å². The van der Waals surface area contributed by atoms with Crippen molar-refractivity contribution in [3.63, 3.8) is 0 Å². The monoisotopic (exact) mass is 344 g/mol. The maximum absolute atomic E-state index is 11.5. The van der Waals surface area contributed by atoms with Gasteiger partial charge in [-0.1, -0.05) is 12.1 Å². The van der Waals surface area contributed by atoms with Crippen LogP contribution in [0.4, 0.5) is 0 Å². The molecule has 0 saturated carbocycles. The molecule has 0 bridgehead atoms. The first kappa shape index (κ1) is 15.8. The van der Waals surface area contributed by atoms with Gasteiger partial charge in [-0.25, -0.2) is 13.4 Å². The third-order valence-electron chi connectivity index (χ3n) is 3.51. The average Bonchev–Trinajstić information content (AvgIpc) is 3.06. The number of benzene rings is 1. The van der Waals surface area contributed by atoms with Crippen LogP contribution in [-0.2, 0) is 22.7 Å². The minimum Gasteiger partial charge on any atom is -0.261 e. The van der Waals surface area contributed by atoms with E-state index in [9.17, 15) is 8.42 Å². The number of hydrogen-bond acceptors (Lipinski definition) is 5. The minimum atomic E-state index is -3.18. The molecule has 2 heterocycles. The summed E-state index contributed by atoms with van der Waals surface area (Å²) < 4.78 is 23.0. The van der Waals surface area contributed by atoms with Gasteiger partial charge in [-0.2, -0.15) is 11.3 Å². The fraction of sp³-hybridized carbons (Fsp3) is 0.176. The molecule has 0 radical (unpaired) electrons. The molecule has 6 heteroatoms. The van der Waals surface area contributed by atoms with E-state index >= 15 is 0 Å². The molecule has 0 atom stereocenters. The summed E-state index contributed by atoms with van der Waals surface area (Å²) in [5.41, 5.74) is 3.86. The molecular weight excluding hydrogens is 328 g/mol. The molecule has 3 rings (SSSR count). The van der Waals surface area contributed by atoms with Gasteiger partial charge in [0.1, 0.15) is 0 Å². The molecule has 118 valence electrons. The molecule has 2 aromatic heterocycles. The molecule has 0 N–H and O–H groups in total. The maximum atomic E-state index is 11.5. The quantitative estimate of drug-likeness (QED) is 0.712. The van der Waals surface area contributed by atoms with Crippen LogP contribution in [0, 0.1) is 0 Å². The lowest BCUT2D eigenvalue weighted by molar-refractivity contribution is 0.602. The molecule has 4 nitrogen and oxygen atoms in total. The molecule has 0 aliphatic rings. The van der Waals surface area contributed by atoms with Gasteiger partial charge in [0.05, 0.1) is 22.5 Å². The highest BCUT2D eigenvalue weighted by Gasteiger charge is 2.08. The maximum Gasteiger partial charge on any atom is 0.175 e. The largest absolute Gasteiger partial charge is 0.261 e. The third-order valence-corrected chi connectivity index (χ3v) is 5.37. The summed E-state index contributed by atoms with van der Waals surface area (Å²) in [5, 5.41) is 4.21. The van der Waals surface area contributed by atoms with E-state index in [2.05, 4.69) is 26.8 Å². The van der Waals surface area contributed by atoms with Gasteiger partial charge in [-0.15, -0.1) is 0 Å². The fourth-order valence-electron chi connectivity index (χ4n) is 2.25. The molecule has 0 fully saturated rings. The molecule has 23 heavy (non-hydrogen) atoms. The van der Waals surface area contributed by atoms with Gasteiger partial charge in [-0.3, -0.25) is 4.98 Å². The zero-order chi connectivity index (χ0) is 16.3. The van der Waals surface area contributed by atoms with Crippen LogP contribution in [0.2, 0.25) is 0 Å². The van der Waals surface area contributed by atoms with Gasteiger partial charge in [-0.05, 0) is 47.4 Å². The molecule has 1 aromatic carbocycles. The van der Waals surface area contributed by atoms with E-state index in [4.69, 9.17) is 0 Å². The van der Waals surface area contributed by atoms with Crippen molar-refractivity contribution < 1.29 is 8.42 Å². The Bertz CT molecular complexity index is 887. The molecule has 0 amide bonds. The Morgan fingerprint density at radius 3 is 2.48 bits per heavy atom. The van der Waals surface area contributed by atoms with Crippen LogP contribution >= 0.6 is 11.3 Å². The van der Waals surface area contributed by atoms with Gasteiger partial charge < -0.3 is 0 Å². The van der Waals surface area contributed by atoms with Crippen LogP contribution < -0.4 is 0 Å². The number of thiophene rings is 1. The van der Waals surface area contributed by atoms with E-state index in [0.717, 1.165) is 29.8 Å². The summed E-state index contributed by atoms with van der Waals surface area (Å²) in [4.78, 5) is 9.19. The summed E-state index contributed by atoms with van der Waals surface area (Å²) >= 11 is 1.69. The predicted molar refractivity (Wildman–Crippen MR) is 92.3 cm³/mol. The Hall–Kier alpha value is -2.05. The molecule has 0 aliphatic carbocycles. The van der Waals surface area contributed by atoms with Crippen molar-refractivity contribution in [2.75, 3.05) is 6.26 Å². The highest BCUT2D eigenvalue weighted by molar-refractivity contribution is 7.90. The highest BCUT2D eigenvalue weighted by Crippen LogP contribution is 2.19. The lowest BCUT2D eigenvalue weighted by Crippen LogP contribution is -1.98. The second-order valence-electron chi connectivity index (χ2n) is 5.32. The first-order valence-electron chi connectivity index (χ1n) is 7.15. The first-order valence-corrected chi connectivity index (χ1v) is 9.98. The second kappa shape index (κ2) is 6.60. The second-order valence-corrected chi connectivity index (χ2v) is 8.12. The van der Waals surface area contributed by atoms with Crippen LogP contribution in [0.5, 0.6) is 0 Å². The summed E-state index contributed by atoms with van der Waals surface area (Å²) in [6.07, 6.45) is 6.45. The number of aryl methyl sites for hydroxylation is 2. The topological polar surface area (TPSA) is 59.9 Å². The van der Waals surface area contributed by atoms with Crippen LogP contribution in [0.25, 0.3) is 11.3 Å². The zero-order valence-corrected chi connectivity index (χ0v) is 14.3. The van der Waals surface area contributed by atoms with E-state index < -0.39 is 9.84 Å². The standard InChI is InChI=1S/C17H16N2O2S2/c1-23(20,21)16-6-3-14(4-7-16)17-11-18-10-15(19-17)5-2-13-8-9-22-12-13/h3-4,6-12H,2,5H2,1H3. The smallest absolute Gasteiger partial charge is 0.175 e. The Morgan fingerprint density at radius 1 is 1.04 bits per heavy atom. The Kier molecular flexibility index (Phi) is 4.54. The fourth-order valence-corrected chi connectivity index (χ4v) is 3.58.